The van der Waals surface area contributed by atoms with Gasteiger partial charge < -0.3 is 34.4 Å². The molecule has 126 heavy (non-hydrogen) atoms. The number of carbonyl (C=O) groups excluding carboxylic acids is 24. The highest BCUT2D eigenvalue weighted by Gasteiger charge is 2.60. The minimum atomic E-state index is -3.80. The third-order valence-electron chi connectivity index (χ3n) is 20.6. The van der Waals surface area contributed by atoms with Gasteiger partial charge in [-0.2, -0.15) is 0 Å². The maximum atomic E-state index is 12.9. The number of piperidine rings is 6. The Bertz CT molecular complexity index is 7230. The molecule has 42 nitrogen and oxygen atoms in total. The second-order valence-corrected chi connectivity index (χ2v) is 28.2. The van der Waals surface area contributed by atoms with Gasteiger partial charge in [0.05, 0.1) is 83.2 Å². The van der Waals surface area contributed by atoms with E-state index in [-0.39, 0.29) is 76.7 Å². The van der Waals surface area contributed by atoms with Gasteiger partial charge in [-0.1, -0.05) is 36.3 Å². The van der Waals surface area contributed by atoms with E-state index in [4.69, 9.17) is 82.4 Å². The number of hydrogen-bond acceptors (Lipinski definition) is 30. The molecule has 6 aromatic carbocycles. The Hall–Kier alpha value is -16.2. The van der Waals surface area contributed by atoms with E-state index >= 15 is 0 Å². The summed E-state index contributed by atoms with van der Waals surface area (Å²) in [7, 11) is 0. The Kier molecular flexibility index (Phi) is 13.3. The summed E-state index contributed by atoms with van der Waals surface area (Å²) in [6.45, 7) is -15.7. The first-order chi connectivity index (χ1) is 73.5. The molecule has 6 atom stereocenters. The van der Waals surface area contributed by atoms with Crippen LogP contribution in [-0.4, -0.2) is 204 Å². The predicted octanol–water partition coefficient (Wildman–Crippen LogP) is 0.361. The highest BCUT2D eigenvalue weighted by molar-refractivity contribution is 6.31. The van der Waals surface area contributed by atoms with Crippen LogP contribution in [0, 0.1) is 0 Å². The number of anilines is 6. The fraction of sp³-hybridized carbons (Fsp3) is 0.286. The number of amides is 24. The van der Waals surface area contributed by atoms with Gasteiger partial charge in [0.15, 0.2) is 0 Å². The van der Waals surface area contributed by atoms with Crippen molar-refractivity contribution in [2.24, 2.45) is 0 Å². The Morgan fingerprint density at radius 1 is 0.270 bits per heavy atom. The third-order valence-corrected chi connectivity index (χ3v) is 20.6. The first-order valence-corrected chi connectivity index (χ1v) is 35.7. The van der Waals surface area contributed by atoms with Crippen LogP contribution < -0.4 is 66.3 Å². The van der Waals surface area contributed by atoms with Crippen LogP contribution in [0.4, 0.5) is 34.1 Å². The maximum Gasteiger partial charge on any atom is 0.264 e. The largest absolute Gasteiger partial charge is 0.398 e. The molecule has 0 bridgehead atoms. The van der Waals surface area contributed by atoms with Crippen molar-refractivity contribution in [1.82, 2.24) is 61.3 Å². The fourth-order valence-corrected chi connectivity index (χ4v) is 14.1. The minimum absolute atomic E-state index is 0.0494. The SMILES string of the molecule is [2H]C([2H])([2H])C1(N2C(=O)c3cccc(N)c3C2=O)C(=O)NC(=O)C([2H])([2H])C1([2H])[2H].[2H]C1([2H])C(=O)NC(=O)[C@](N2C(=O)c3cccc(N)c3C2=O)(C([2H])([2H])[2H])C1([2H])[2H].[2H]c1c([2H])c(N)c2c(c1[2H])C(=O)N(C1(C([2H])([2H])[2H])CCC(=O)NC1=O)C2=O.[2H]c1c([2H])c(N)c2c(c1[2H])C(=O)N([C@@]1(C([2H])([2H])[2H])CCC(=O)NC1=O)C2=O.[2H]c1c([2H])c(N)c2c(c1[2H])C(=O)N([C@]1(C([2H])([2H])[2H])CCC(=O)NC1=O)C2=O.[2H]c1c([2H])c(N)c2c(c1[2H])C(=O)N([C@]1(C)CCC(=O)NC1=O)C2=O. The number of nitrogens with zero attached hydrogens (tertiary/aromatic N) is 6. The van der Waals surface area contributed by atoms with Gasteiger partial charge in [-0.05, 0) is 152 Å². The van der Waals surface area contributed by atoms with Crippen molar-refractivity contribution in [3.63, 3.8) is 0 Å². The summed E-state index contributed by atoms with van der Waals surface area (Å²) in [5.74, 6) is -29.5. The quantitative estimate of drug-likeness (QED) is 0.0791. The second-order valence-electron chi connectivity index (χ2n) is 28.2. The molecule has 6 saturated heterocycles. The van der Waals surface area contributed by atoms with Crippen LogP contribution in [-0.2, 0) is 57.5 Å². The van der Waals surface area contributed by atoms with Crippen molar-refractivity contribution in [3.05, 3.63) is 176 Å². The molecule has 42 heteroatoms. The lowest BCUT2D eigenvalue weighted by Gasteiger charge is -2.38. The number of carbonyl (C=O) groups is 24. The molecule has 6 fully saturated rings. The lowest BCUT2D eigenvalue weighted by Crippen LogP contribution is -2.62. The van der Waals surface area contributed by atoms with E-state index in [2.05, 4.69) is 5.32 Å². The Balaban J connectivity index is 0.000000159. The number of benzene rings is 6. The van der Waals surface area contributed by atoms with E-state index in [1.807, 2.05) is 16.0 Å². The van der Waals surface area contributed by atoms with E-state index in [0.717, 1.165) is 12.1 Å². The number of imide groups is 12. The van der Waals surface area contributed by atoms with Crippen molar-refractivity contribution >= 4 is 176 Å². The standard InChI is InChI=1S/6C14H13N3O4/c6*1-14(6-5-9(18)16-13(14)21)17-11(19)7-3-2-4-8(15)10(7)12(17)20/h6*2-4H,5-6,15H2,1H3,(H,16,18,21)/t4*14-;;/m1100../s1/i1D3,2D,3D,4D;2D,3D,4D;1D3,2D,3D,4D;1D3,5D2,6D2;1D3,2D,3D,4D;1D3,5D2,6D2. The molecular weight excluding hydrogens is 1650 g/mol. The Labute approximate surface area is 760 Å². The monoisotopic (exact) mass is 1760 g/mol. The number of fused-ring (bicyclic) bond motifs is 6. The molecule has 648 valence electrons. The lowest BCUT2D eigenvalue weighted by atomic mass is 9.89. The molecule has 6 aromatic rings. The molecule has 24 amide bonds. The summed E-state index contributed by atoms with van der Waals surface area (Å²) < 4.78 is 273. The van der Waals surface area contributed by atoms with Gasteiger partial charge in [0.25, 0.3) is 106 Å². The molecule has 0 aromatic heterocycles. The van der Waals surface area contributed by atoms with Crippen molar-refractivity contribution in [3.8, 4) is 0 Å². The van der Waals surface area contributed by atoms with E-state index in [1.54, 1.807) is 0 Å². The van der Waals surface area contributed by atoms with Gasteiger partial charge in [-0.25, -0.2) is 0 Å². The zero-order chi connectivity index (χ0) is 122. The Morgan fingerprint density at radius 3 is 0.714 bits per heavy atom. The number of nitrogen functional groups attached to an aromatic ring is 6. The zero-order valence-electron chi connectivity index (χ0n) is 98.6. The van der Waals surface area contributed by atoms with Gasteiger partial charge in [0.1, 0.15) is 33.2 Å². The molecule has 12 aliphatic heterocycles. The average molecular weight is 1760 g/mol. The van der Waals surface area contributed by atoms with E-state index < -0.39 is 407 Å². The smallest absolute Gasteiger partial charge is 0.264 e. The normalized spacial score (nSPS) is 31.2. The van der Waals surface area contributed by atoms with Crippen molar-refractivity contribution in [1.29, 1.82) is 0 Å². The molecular formula is C84H78N18O24. The van der Waals surface area contributed by atoms with Gasteiger partial charge in [0, 0.05) is 104 Å². The third kappa shape index (κ3) is 14.1. The van der Waals surface area contributed by atoms with E-state index in [1.165, 1.54) is 41.8 Å². The molecule has 12 aliphatic rings. The van der Waals surface area contributed by atoms with Crippen LogP contribution >= 0.6 is 0 Å². The molecule has 0 aliphatic carbocycles. The zero-order valence-corrected chi connectivity index (χ0v) is 63.6. The van der Waals surface area contributed by atoms with Crippen LogP contribution in [0.5, 0.6) is 0 Å². The molecule has 0 spiro atoms. The highest BCUT2D eigenvalue weighted by atomic mass is 16.2. The van der Waals surface area contributed by atoms with Crippen LogP contribution in [0.25, 0.3) is 0 Å². The molecule has 18 N–H and O–H groups in total. The van der Waals surface area contributed by atoms with Crippen molar-refractivity contribution in [2.45, 2.75) is 151 Å². The molecule has 2 unspecified atom stereocenters. The molecule has 0 radical (unpaired) electrons. The molecule has 18 rings (SSSR count). The number of hydrogen-bond donors (Lipinski definition) is 12. The number of nitrogens with one attached hydrogen (secondary N) is 6. The fourth-order valence-electron chi connectivity index (χ4n) is 14.1. The van der Waals surface area contributed by atoms with Crippen LogP contribution in [0.3, 0.4) is 0 Å². The molecule has 0 saturated carbocycles. The van der Waals surface area contributed by atoms with E-state index in [9.17, 15) is 115 Å². The first kappa shape index (κ1) is 52.9. The van der Waals surface area contributed by atoms with Gasteiger partial charge in [-0.15, -0.1) is 0 Å². The summed E-state index contributed by atoms with van der Waals surface area (Å²) in [5, 5.41) is 10.5. The van der Waals surface area contributed by atoms with Gasteiger partial charge >= 0.3 is 0 Å². The summed E-state index contributed by atoms with van der Waals surface area (Å²) >= 11 is 0. The molecule has 12 heterocycles. The second kappa shape index (κ2) is 31.7. The highest BCUT2D eigenvalue weighted by Crippen LogP contribution is 2.44. The topological polar surface area (TPSA) is 657 Å². The van der Waals surface area contributed by atoms with Crippen LogP contribution in [0.15, 0.2) is 109 Å². The Morgan fingerprint density at radius 2 is 0.476 bits per heavy atom. The predicted molar refractivity (Wildman–Crippen MR) is 433 cm³/mol. The summed E-state index contributed by atoms with van der Waals surface area (Å²) in [6.07, 6.45) is -18.0. The van der Waals surface area contributed by atoms with Crippen molar-refractivity contribution < 1.29 is 163 Å². The summed E-state index contributed by atoms with van der Waals surface area (Å²) in [5.41, 5.74) is 8.72. The van der Waals surface area contributed by atoms with Gasteiger partial charge in [0.2, 0.25) is 35.4 Å². The number of rotatable bonds is 6. The summed E-state index contributed by atoms with van der Waals surface area (Å²) in [6, 6.07) is -0.721. The van der Waals surface area contributed by atoms with Gasteiger partial charge in [-0.3, -0.25) is 176 Å². The van der Waals surface area contributed by atoms with Crippen LogP contribution in [0.1, 0.15) is 290 Å². The summed E-state index contributed by atoms with van der Waals surface area (Å²) in [4.78, 5) is 300. The first-order valence-electron chi connectivity index (χ1n) is 53.2. The minimum Gasteiger partial charge on any atom is -0.398 e. The lowest BCUT2D eigenvalue weighted by molar-refractivity contribution is -0.142. The van der Waals surface area contributed by atoms with E-state index in [0.29, 0.717) is 4.90 Å². The average Bonchev–Trinajstić information content (AvgIpc) is 1.59. The van der Waals surface area contributed by atoms with Crippen LogP contribution in [0.2, 0.25) is 0 Å². The number of nitrogens with two attached hydrogens (primary N) is 6. The van der Waals surface area contributed by atoms with Crippen molar-refractivity contribution in [2.75, 3.05) is 34.4 Å². The maximum absolute atomic E-state index is 12.9.